The Kier molecular flexibility index (Phi) is 3.68. The average molecular weight is 248 g/mol. The number of nitrogens with one attached hydrogen (secondary N) is 1. The number of anilines is 1. The van der Waals surface area contributed by atoms with Crippen molar-refractivity contribution in [3.05, 3.63) is 29.8 Å². The maximum Gasteiger partial charge on any atom is 0.234 e. The molecule has 4 heteroatoms. The molecule has 0 spiro atoms. The van der Waals surface area contributed by atoms with Crippen molar-refractivity contribution in [3.63, 3.8) is 0 Å². The molecule has 0 bridgehead atoms. The fraction of sp³-hybridized carbons (Fsp3) is 0.500. The molecule has 4 nitrogen and oxygen atoms in total. The lowest BCUT2D eigenvalue weighted by atomic mass is 9.84. The largest absolute Gasteiger partial charge is 0.379 e. The van der Waals surface area contributed by atoms with Crippen LogP contribution in [0.5, 0.6) is 0 Å². The van der Waals surface area contributed by atoms with Crippen LogP contribution in [0.2, 0.25) is 0 Å². The molecule has 2 atom stereocenters. The summed E-state index contributed by atoms with van der Waals surface area (Å²) in [6.07, 6.45) is 0.885. The van der Waals surface area contributed by atoms with Crippen molar-refractivity contribution in [2.75, 3.05) is 18.5 Å². The molecule has 1 aliphatic rings. The van der Waals surface area contributed by atoms with E-state index in [1.54, 1.807) is 0 Å². The third kappa shape index (κ3) is 2.26. The lowest BCUT2D eigenvalue weighted by molar-refractivity contribution is -0.125. The van der Waals surface area contributed by atoms with E-state index in [0.717, 1.165) is 17.7 Å². The van der Waals surface area contributed by atoms with Gasteiger partial charge in [0.25, 0.3) is 0 Å². The molecule has 1 aliphatic heterocycles. The molecule has 1 heterocycles. The topological polar surface area (TPSA) is 64.3 Å². The standard InChI is InChI=1S/C14H20N2O2/c1-3-10-6-4-5-7-11(10)16-13(17)14(2)9-18-8-12(14)15/h4-7,12H,3,8-9,15H2,1-2H3,(H,16,17). The molecule has 18 heavy (non-hydrogen) atoms. The van der Waals surface area contributed by atoms with Crippen molar-refractivity contribution in [2.45, 2.75) is 26.3 Å². The van der Waals surface area contributed by atoms with Crippen LogP contribution >= 0.6 is 0 Å². The Hall–Kier alpha value is -1.39. The maximum atomic E-state index is 12.3. The Bertz CT molecular complexity index is 447. The van der Waals surface area contributed by atoms with E-state index >= 15 is 0 Å². The second-order valence-corrected chi connectivity index (χ2v) is 5.00. The molecule has 0 radical (unpaired) electrons. The van der Waals surface area contributed by atoms with Gasteiger partial charge in [-0.2, -0.15) is 0 Å². The van der Waals surface area contributed by atoms with Crippen LogP contribution in [0.1, 0.15) is 19.4 Å². The van der Waals surface area contributed by atoms with Crippen LogP contribution in [0, 0.1) is 5.41 Å². The van der Waals surface area contributed by atoms with Crippen LogP contribution in [0.3, 0.4) is 0 Å². The summed E-state index contributed by atoms with van der Waals surface area (Å²) < 4.78 is 5.30. The quantitative estimate of drug-likeness (QED) is 0.853. The Balaban J connectivity index is 2.16. The van der Waals surface area contributed by atoms with Crippen molar-refractivity contribution in [1.29, 1.82) is 0 Å². The van der Waals surface area contributed by atoms with Crippen LogP contribution in [-0.2, 0) is 16.0 Å². The van der Waals surface area contributed by atoms with Gasteiger partial charge in [0.2, 0.25) is 5.91 Å². The number of hydrogen-bond donors (Lipinski definition) is 2. The van der Waals surface area contributed by atoms with Gasteiger partial charge in [0.05, 0.1) is 18.6 Å². The second kappa shape index (κ2) is 5.08. The number of ether oxygens (including phenoxy) is 1. The van der Waals surface area contributed by atoms with Gasteiger partial charge in [0.1, 0.15) is 0 Å². The molecule has 1 amide bonds. The molecule has 2 unspecified atom stereocenters. The number of carbonyl (C=O) groups is 1. The summed E-state index contributed by atoms with van der Waals surface area (Å²) in [6.45, 7) is 4.75. The summed E-state index contributed by atoms with van der Waals surface area (Å²) in [5, 5.41) is 2.98. The predicted octanol–water partition coefficient (Wildman–Crippen LogP) is 1.55. The summed E-state index contributed by atoms with van der Waals surface area (Å²) in [7, 11) is 0. The minimum absolute atomic E-state index is 0.0617. The lowest BCUT2D eigenvalue weighted by Crippen LogP contribution is -2.47. The first-order chi connectivity index (χ1) is 8.58. The highest BCUT2D eigenvalue weighted by molar-refractivity contribution is 5.96. The van der Waals surface area contributed by atoms with Crippen LogP contribution in [0.25, 0.3) is 0 Å². The van der Waals surface area contributed by atoms with Gasteiger partial charge in [-0.1, -0.05) is 25.1 Å². The Morgan fingerprint density at radius 1 is 1.56 bits per heavy atom. The van der Waals surface area contributed by atoms with E-state index in [9.17, 15) is 4.79 Å². The Morgan fingerprint density at radius 2 is 2.28 bits per heavy atom. The average Bonchev–Trinajstić information content (AvgIpc) is 2.71. The number of carbonyl (C=O) groups excluding carboxylic acids is 1. The molecule has 1 aromatic carbocycles. The summed E-state index contributed by atoms with van der Waals surface area (Å²) in [6, 6.07) is 7.58. The third-order valence-electron chi connectivity index (χ3n) is 3.68. The lowest BCUT2D eigenvalue weighted by Gasteiger charge is -2.26. The molecule has 1 saturated heterocycles. The van der Waals surface area contributed by atoms with E-state index < -0.39 is 5.41 Å². The maximum absolute atomic E-state index is 12.3. The highest BCUT2D eigenvalue weighted by Crippen LogP contribution is 2.29. The number of benzene rings is 1. The van der Waals surface area contributed by atoms with E-state index in [-0.39, 0.29) is 11.9 Å². The number of nitrogens with two attached hydrogens (primary N) is 1. The Morgan fingerprint density at radius 3 is 2.89 bits per heavy atom. The molecule has 98 valence electrons. The number of para-hydroxylation sites is 1. The molecule has 0 aromatic heterocycles. The number of hydrogen-bond acceptors (Lipinski definition) is 3. The normalized spacial score (nSPS) is 27.2. The molecular formula is C14H20N2O2. The van der Waals surface area contributed by atoms with E-state index in [2.05, 4.69) is 12.2 Å². The first kappa shape index (κ1) is 13.1. The molecule has 1 fully saturated rings. The summed E-state index contributed by atoms with van der Waals surface area (Å²) in [4.78, 5) is 12.3. The molecular weight excluding hydrogens is 228 g/mol. The predicted molar refractivity (Wildman–Crippen MR) is 71.4 cm³/mol. The van der Waals surface area contributed by atoms with Crippen LogP contribution < -0.4 is 11.1 Å². The van der Waals surface area contributed by atoms with Crippen LogP contribution in [0.4, 0.5) is 5.69 Å². The Labute approximate surface area is 108 Å². The van der Waals surface area contributed by atoms with E-state index in [4.69, 9.17) is 10.5 Å². The zero-order valence-corrected chi connectivity index (χ0v) is 10.9. The zero-order chi connectivity index (χ0) is 13.2. The van der Waals surface area contributed by atoms with Gasteiger partial charge in [-0.05, 0) is 25.0 Å². The monoisotopic (exact) mass is 248 g/mol. The number of aryl methyl sites for hydroxylation is 1. The zero-order valence-electron chi connectivity index (χ0n) is 10.9. The fourth-order valence-electron chi connectivity index (χ4n) is 2.14. The van der Waals surface area contributed by atoms with Crippen LogP contribution in [0.15, 0.2) is 24.3 Å². The van der Waals surface area contributed by atoms with Crippen molar-refractivity contribution in [1.82, 2.24) is 0 Å². The number of amides is 1. The minimum atomic E-state index is -0.638. The molecule has 1 aromatic rings. The van der Waals surface area contributed by atoms with Crippen molar-refractivity contribution in [2.24, 2.45) is 11.1 Å². The molecule has 3 N–H and O–H groups in total. The second-order valence-electron chi connectivity index (χ2n) is 5.00. The third-order valence-corrected chi connectivity index (χ3v) is 3.68. The number of rotatable bonds is 3. The summed E-state index contributed by atoms with van der Waals surface area (Å²) in [5.74, 6) is -0.0617. The van der Waals surface area contributed by atoms with Gasteiger partial charge in [0.15, 0.2) is 0 Å². The SMILES string of the molecule is CCc1ccccc1NC(=O)C1(C)COCC1N. The smallest absolute Gasteiger partial charge is 0.234 e. The van der Waals surface area contributed by atoms with Crippen molar-refractivity contribution < 1.29 is 9.53 Å². The van der Waals surface area contributed by atoms with E-state index in [1.807, 2.05) is 31.2 Å². The fourth-order valence-corrected chi connectivity index (χ4v) is 2.14. The van der Waals surface area contributed by atoms with E-state index in [1.165, 1.54) is 0 Å². The molecule has 2 rings (SSSR count). The van der Waals surface area contributed by atoms with Gasteiger partial charge >= 0.3 is 0 Å². The van der Waals surface area contributed by atoms with Gasteiger partial charge in [-0.15, -0.1) is 0 Å². The summed E-state index contributed by atoms with van der Waals surface area (Å²) in [5.41, 5.74) is 7.31. The van der Waals surface area contributed by atoms with E-state index in [0.29, 0.717) is 13.2 Å². The molecule has 0 saturated carbocycles. The highest BCUT2D eigenvalue weighted by atomic mass is 16.5. The van der Waals surface area contributed by atoms with Gasteiger partial charge in [-0.3, -0.25) is 4.79 Å². The van der Waals surface area contributed by atoms with Gasteiger partial charge < -0.3 is 15.8 Å². The first-order valence-electron chi connectivity index (χ1n) is 6.30. The van der Waals surface area contributed by atoms with Gasteiger partial charge in [0, 0.05) is 11.7 Å². The van der Waals surface area contributed by atoms with Crippen molar-refractivity contribution >= 4 is 11.6 Å². The molecule has 0 aliphatic carbocycles. The first-order valence-corrected chi connectivity index (χ1v) is 6.30. The highest BCUT2D eigenvalue weighted by Gasteiger charge is 2.44. The minimum Gasteiger partial charge on any atom is -0.379 e. The summed E-state index contributed by atoms with van der Waals surface area (Å²) >= 11 is 0. The van der Waals surface area contributed by atoms with Gasteiger partial charge in [-0.25, -0.2) is 0 Å². The van der Waals surface area contributed by atoms with Crippen molar-refractivity contribution in [3.8, 4) is 0 Å². The van der Waals surface area contributed by atoms with Crippen LogP contribution in [-0.4, -0.2) is 25.2 Å².